The number of hydrogen-bond acceptors (Lipinski definition) is 5. The van der Waals surface area contributed by atoms with Crippen molar-refractivity contribution in [2.24, 2.45) is 5.73 Å². The standard InChI is InChI=1S/C27H28N4O3.CH4/c1-19(23-5-3-2-4-6-23)29-18-22-11-9-20(10-12-22)7-8-21-13-15-24(16-14-21)26(32)30-25(17-28)27(33)31-34;/h2-6,9-16,19,25,29,34H,17-18,28H2,1H3,(H,30,32)(H,31,33);1H4/t19-,25-;/m0./s1. The molecule has 2 atom stereocenters. The van der Waals surface area contributed by atoms with E-state index in [1.807, 2.05) is 30.3 Å². The largest absolute Gasteiger partial charge is 0.339 e. The molecule has 0 unspecified atom stereocenters. The van der Waals surface area contributed by atoms with E-state index in [0.29, 0.717) is 5.56 Å². The lowest BCUT2D eigenvalue weighted by Gasteiger charge is -2.14. The van der Waals surface area contributed by atoms with E-state index in [-0.39, 0.29) is 20.0 Å². The lowest BCUT2D eigenvalue weighted by atomic mass is 10.1. The number of nitrogens with one attached hydrogen (secondary N) is 3. The lowest BCUT2D eigenvalue weighted by molar-refractivity contribution is -0.130. The van der Waals surface area contributed by atoms with Crippen LogP contribution >= 0.6 is 0 Å². The van der Waals surface area contributed by atoms with Crippen LogP contribution in [0.15, 0.2) is 78.9 Å². The molecule has 0 fully saturated rings. The fraction of sp³-hybridized carbons (Fsp3) is 0.214. The molecule has 3 aromatic rings. The number of carbonyl (C=O) groups is 2. The fourth-order valence-corrected chi connectivity index (χ4v) is 3.24. The molecule has 0 bridgehead atoms. The van der Waals surface area contributed by atoms with Crippen LogP contribution in [0.4, 0.5) is 0 Å². The van der Waals surface area contributed by atoms with Crippen molar-refractivity contribution >= 4 is 11.8 Å². The summed E-state index contributed by atoms with van der Waals surface area (Å²) in [4.78, 5) is 23.7. The second kappa shape index (κ2) is 13.7. The molecule has 0 spiro atoms. The number of amides is 2. The van der Waals surface area contributed by atoms with Gasteiger partial charge in [-0.1, -0.05) is 61.7 Å². The van der Waals surface area contributed by atoms with Crippen LogP contribution in [0.2, 0.25) is 0 Å². The molecule has 0 aromatic heterocycles. The summed E-state index contributed by atoms with van der Waals surface area (Å²) >= 11 is 0. The minimum absolute atomic E-state index is 0. The molecule has 0 saturated heterocycles. The van der Waals surface area contributed by atoms with Crippen molar-refractivity contribution in [3.63, 3.8) is 0 Å². The van der Waals surface area contributed by atoms with E-state index >= 15 is 0 Å². The Hall–Kier alpha value is -3.96. The molecule has 6 N–H and O–H groups in total. The van der Waals surface area contributed by atoms with E-state index in [1.165, 1.54) is 16.6 Å². The summed E-state index contributed by atoms with van der Waals surface area (Å²) in [6.07, 6.45) is 0. The van der Waals surface area contributed by atoms with Crippen molar-refractivity contribution in [3.05, 3.63) is 107 Å². The van der Waals surface area contributed by atoms with Crippen LogP contribution in [0, 0.1) is 11.8 Å². The van der Waals surface area contributed by atoms with Crippen LogP contribution in [0.3, 0.4) is 0 Å². The minimum Gasteiger partial charge on any atom is -0.339 e. The highest BCUT2D eigenvalue weighted by molar-refractivity contribution is 5.97. The SMILES string of the molecule is C.C[C@H](NCc1ccc(C#Cc2ccc(C(=O)N[C@@H](CN)C(=O)NO)cc2)cc1)c1ccccc1. The number of nitrogens with two attached hydrogens (primary N) is 1. The van der Waals surface area contributed by atoms with Crippen LogP contribution in [0.5, 0.6) is 0 Å². The summed E-state index contributed by atoms with van der Waals surface area (Å²) in [5, 5.41) is 14.7. The van der Waals surface area contributed by atoms with Gasteiger partial charge < -0.3 is 16.4 Å². The Balaban J connectivity index is 0.00000432. The second-order valence-electron chi connectivity index (χ2n) is 7.78. The van der Waals surface area contributed by atoms with Crippen LogP contribution in [0.1, 0.15) is 53.0 Å². The predicted molar refractivity (Wildman–Crippen MR) is 138 cm³/mol. The first-order chi connectivity index (χ1) is 16.5. The van der Waals surface area contributed by atoms with E-state index in [4.69, 9.17) is 10.9 Å². The van der Waals surface area contributed by atoms with Gasteiger partial charge in [0.25, 0.3) is 11.8 Å². The summed E-state index contributed by atoms with van der Waals surface area (Å²) in [7, 11) is 0. The normalized spacial score (nSPS) is 11.7. The van der Waals surface area contributed by atoms with Crippen LogP contribution < -0.4 is 21.8 Å². The topological polar surface area (TPSA) is 116 Å². The monoisotopic (exact) mass is 472 g/mol. The maximum atomic E-state index is 12.3. The van der Waals surface area contributed by atoms with Crippen LogP contribution in [-0.4, -0.2) is 29.6 Å². The molecule has 3 rings (SSSR count). The van der Waals surface area contributed by atoms with Crippen molar-refractivity contribution in [2.75, 3.05) is 6.54 Å². The van der Waals surface area contributed by atoms with Gasteiger partial charge in [0.05, 0.1) is 0 Å². The average molecular weight is 473 g/mol. The summed E-state index contributed by atoms with van der Waals surface area (Å²) < 4.78 is 0. The zero-order valence-electron chi connectivity index (χ0n) is 18.9. The lowest BCUT2D eigenvalue weighted by Crippen LogP contribution is -2.50. The minimum atomic E-state index is -1.02. The highest BCUT2D eigenvalue weighted by atomic mass is 16.5. The molecule has 7 nitrogen and oxygen atoms in total. The molecule has 182 valence electrons. The maximum Gasteiger partial charge on any atom is 0.267 e. The second-order valence-corrected chi connectivity index (χ2v) is 7.78. The van der Waals surface area contributed by atoms with E-state index in [1.54, 1.807) is 24.3 Å². The predicted octanol–water partition coefficient (Wildman–Crippen LogP) is 3.14. The summed E-state index contributed by atoms with van der Waals surface area (Å²) in [5.41, 5.74) is 11.4. The molecule has 7 heteroatoms. The molecule has 35 heavy (non-hydrogen) atoms. The van der Waals surface area contributed by atoms with Crippen molar-refractivity contribution in [1.82, 2.24) is 16.1 Å². The third kappa shape index (κ3) is 8.09. The third-order valence-corrected chi connectivity index (χ3v) is 5.33. The fourth-order valence-electron chi connectivity index (χ4n) is 3.24. The first-order valence-electron chi connectivity index (χ1n) is 10.9. The van der Waals surface area contributed by atoms with Gasteiger partial charge in [0.15, 0.2) is 0 Å². The van der Waals surface area contributed by atoms with E-state index in [2.05, 4.69) is 53.7 Å². The summed E-state index contributed by atoms with van der Waals surface area (Å²) in [6, 6.07) is 24.3. The molecular formula is C28H32N4O3. The van der Waals surface area contributed by atoms with Gasteiger partial charge >= 0.3 is 0 Å². The molecule has 2 amide bonds. The molecule has 0 heterocycles. The van der Waals surface area contributed by atoms with Crippen molar-refractivity contribution in [2.45, 2.75) is 33.0 Å². The quantitative estimate of drug-likeness (QED) is 0.196. The Labute approximate surface area is 206 Å². The van der Waals surface area contributed by atoms with Gasteiger partial charge in [-0.05, 0) is 54.4 Å². The molecule has 0 aliphatic heterocycles. The summed E-state index contributed by atoms with van der Waals surface area (Å²) in [6.45, 7) is 2.77. The van der Waals surface area contributed by atoms with Crippen molar-refractivity contribution in [3.8, 4) is 11.8 Å². The first-order valence-corrected chi connectivity index (χ1v) is 10.9. The number of benzene rings is 3. The molecule has 0 aliphatic carbocycles. The van der Waals surface area contributed by atoms with Gasteiger partial charge in [0.2, 0.25) is 0 Å². The number of carbonyl (C=O) groups excluding carboxylic acids is 2. The van der Waals surface area contributed by atoms with Crippen molar-refractivity contribution in [1.29, 1.82) is 0 Å². The van der Waals surface area contributed by atoms with Gasteiger partial charge in [0.1, 0.15) is 6.04 Å². The molecular weight excluding hydrogens is 440 g/mol. The third-order valence-electron chi connectivity index (χ3n) is 5.33. The number of rotatable bonds is 8. The Morgan fingerprint density at radius 3 is 2.03 bits per heavy atom. The Bertz CT molecular complexity index is 1150. The van der Waals surface area contributed by atoms with E-state index in [9.17, 15) is 9.59 Å². The van der Waals surface area contributed by atoms with Gasteiger partial charge in [-0.3, -0.25) is 14.8 Å². The van der Waals surface area contributed by atoms with Gasteiger partial charge in [-0.15, -0.1) is 0 Å². The van der Waals surface area contributed by atoms with Gasteiger partial charge in [-0.25, -0.2) is 5.48 Å². The number of hydrogen-bond donors (Lipinski definition) is 5. The maximum absolute atomic E-state index is 12.3. The zero-order chi connectivity index (χ0) is 24.3. The Kier molecular flexibility index (Phi) is 10.7. The Morgan fingerprint density at radius 2 is 1.49 bits per heavy atom. The van der Waals surface area contributed by atoms with Crippen LogP contribution in [0.25, 0.3) is 0 Å². The van der Waals surface area contributed by atoms with E-state index in [0.717, 1.165) is 17.7 Å². The van der Waals surface area contributed by atoms with Crippen LogP contribution in [-0.2, 0) is 11.3 Å². The molecule has 0 aliphatic rings. The molecule has 0 radical (unpaired) electrons. The molecule has 0 saturated carbocycles. The van der Waals surface area contributed by atoms with E-state index < -0.39 is 17.9 Å². The first kappa shape index (κ1) is 27.3. The van der Waals surface area contributed by atoms with Gasteiger partial charge in [0, 0.05) is 35.8 Å². The highest BCUT2D eigenvalue weighted by Gasteiger charge is 2.19. The summed E-state index contributed by atoms with van der Waals surface area (Å²) in [5.74, 6) is 4.97. The van der Waals surface area contributed by atoms with Crippen molar-refractivity contribution < 1.29 is 14.8 Å². The molecule has 3 aromatic carbocycles. The average Bonchev–Trinajstić information content (AvgIpc) is 2.90. The zero-order valence-corrected chi connectivity index (χ0v) is 18.9. The smallest absolute Gasteiger partial charge is 0.267 e. The Morgan fingerprint density at radius 1 is 0.914 bits per heavy atom. The highest BCUT2D eigenvalue weighted by Crippen LogP contribution is 2.13. The van der Waals surface area contributed by atoms with Gasteiger partial charge in [-0.2, -0.15) is 0 Å². The number of hydroxylamine groups is 1.